The Labute approximate surface area is 152 Å². The van der Waals surface area contributed by atoms with Gasteiger partial charge < -0.3 is 15.4 Å². The van der Waals surface area contributed by atoms with Crippen LogP contribution in [0.2, 0.25) is 0 Å². The highest BCUT2D eigenvalue weighted by atomic mass is 127. The lowest BCUT2D eigenvalue weighted by atomic mass is 10.2. The summed E-state index contributed by atoms with van der Waals surface area (Å²) in [4.78, 5) is 4.62. The van der Waals surface area contributed by atoms with Crippen LogP contribution in [0.3, 0.4) is 0 Å². The summed E-state index contributed by atoms with van der Waals surface area (Å²) < 4.78 is 5.86. The number of nitrogens with zero attached hydrogens (tertiary/aromatic N) is 1. The van der Waals surface area contributed by atoms with Gasteiger partial charge in [-0.2, -0.15) is 0 Å². The molecule has 0 heterocycles. The minimum atomic E-state index is 0. The lowest BCUT2D eigenvalue weighted by molar-refractivity contribution is 0.268. The molecule has 0 fully saturated rings. The zero-order chi connectivity index (χ0) is 15.5. The molecule has 4 nitrogen and oxygen atoms in total. The predicted octanol–water partition coefficient (Wildman–Crippen LogP) is 3.80. The number of para-hydroxylation sites is 1. The summed E-state index contributed by atoms with van der Waals surface area (Å²) in [6.07, 6.45) is 1.08. The van der Waals surface area contributed by atoms with Gasteiger partial charge in [0.1, 0.15) is 5.75 Å². The van der Waals surface area contributed by atoms with Crippen LogP contribution in [0.4, 0.5) is 0 Å². The van der Waals surface area contributed by atoms with Crippen molar-refractivity contribution in [3.63, 3.8) is 0 Å². The van der Waals surface area contributed by atoms with E-state index in [1.165, 1.54) is 0 Å². The smallest absolute Gasteiger partial charge is 0.191 e. The normalized spacial score (nSPS) is 11.0. The van der Waals surface area contributed by atoms with E-state index in [1.807, 2.05) is 18.2 Å². The summed E-state index contributed by atoms with van der Waals surface area (Å²) in [5.74, 6) is 2.31. The van der Waals surface area contributed by atoms with Crippen LogP contribution in [0.25, 0.3) is 0 Å². The van der Waals surface area contributed by atoms with Crippen molar-refractivity contribution in [1.82, 2.24) is 10.6 Å². The van der Waals surface area contributed by atoms with Gasteiger partial charge >= 0.3 is 0 Å². The van der Waals surface area contributed by atoms with Crippen molar-refractivity contribution >= 4 is 29.9 Å². The van der Waals surface area contributed by atoms with Crippen molar-refractivity contribution in [2.45, 2.75) is 40.7 Å². The number of hydrogen-bond acceptors (Lipinski definition) is 2. The number of nitrogens with one attached hydrogen (secondary N) is 2. The molecule has 1 aromatic carbocycles. The molecule has 0 bridgehead atoms. The Morgan fingerprint density at radius 2 is 1.91 bits per heavy atom. The zero-order valence-electron chi connectivity index (χ0n) is 14.2. The molecule has 0 aliphatic rings. The molecule has 0 spiro atoms. The fraction of sp³-hybridized carbons (Fsp3) is 0.588. The number of aliphatic imine (C=N–C) groups is 1. The van der Waals surface area contributed by atoms with Crippen molar-refractivity contribution in [3.05, 3.63) is 29.8 Å². The van der Waals surface area contributed by atoms with Gasteiger partial charge in [-0.25, -0.2) is 4.99 Å². The Bertz CT molecular complexity index is 436. The van der Waals surface area contributed by atoms with Gasteiger partial charge in [-0.05, 0) is 25.3 Å². The number of halogens is 1. The fourth-order valence-electron chi connectivity index (χ4n) is 1.78. The van der Waals surface area contributed by atoms with Crippen LogP contribution in [-0.2, 0) is 6.54 Å². The van der Waals surface area contributed by atoms with Crippen molar-refractivity contribution in [3.8, 4) is 5.75 Å². The first-order chi connectivity index (χ1) is 10.2. The minimum absolute atomic E-state index is 0. The minimum Gasteiger partial charge on any atom is -0.493 e. The van der Waals surface area contributed by atoms with Crippen LogP contribution in [0.15, 0.2) is 29.3 Å². The third-order valence-electron chi connectivity index (χ3n) is 2.84. The molecule has 5 heteroatoms. The van der Waals surface area contributed by atoms with Gasteiger partial charge in [-0.15, -0.1) is 24.0 Å². The Hall–Kier alpha value is -0.980. The highest BCUT2D eigenvalue weighted by Crippen LogP contribution is 2.19. The van der Waals surface area contributed by atoms with Gasteiger partial charge in [0, 0.05) is 18.7 Å². The number of ether oxygens (including phenoxy) is 1. The molecule has 2 N–H and O–H groups in total. The molecule has 0 saturated heterocycles. The van der Waals surface area contributed by atoms with Gasteiger partial charge in [-0.1, -0.05) is 39.0 Å². The van der Waals surface area contributed by atoms with Gasteiger partial charge in [0.15, 0.2) is 5.96 Å². The summed E-state index contributed by atoms with van der Waals surface area (Å²) in [5, 5.41) is 6.56. The Balaban J connectivity index is 0.00000441. The number of rotatable bonds is 8. The van der Waals surface area contributed by atoms with Crippen molar-refractivity contribution in [1.29, 1.82) is 0 Å². The largest absolute Gasteiger partial charge is 0.493 e. The molecule has 0 aromatic heterocycles. The molecule has 1 rings (SSSR count). The van der Waals surface area contributed by atoms with Crippen LogP contribution < -0.4 is 15.4 Å². The lowest BCUT2D eigenvalue weighted by Gasteiger charge is -2.13. The van der Waals surface area contributed by atoms with E-state index in [0.29, 0.717) is 12.5 Å². The summed E-state index contributed by atoms with van der Waals surface area (Å²) in [6, 6.07) is 8.12. The molecule has 0 aliphatic heterocycles. The molecule has 0 radical (unpaired) electrons. The lowest BCUT2D eigenvalue weighted by Crippen LogP contribution is -2.37. The monoisotopic (exact) mass is 419 g/mol. The van der Waals surface area contributed by atoms with Gasteiger partial charge in [0.2, 0.25) is 0 Å². The maximum atomic E-state index is 5.86. The second-order valence-electron chi connectivity index (χ2n) is 5.43. The first-order valence-electron chi connectivity index (χ1n) is 7.90. The van der Waals surface area contributed by atoms with E-state index >= 15 is 0 Å². The number of hydrogen-bond donors (Lipinski definition) is 2. The molecule has 0 aliphatic carbocycles. The molecule has 0 atom stereocenters. The van der Waals surface area contributed by atoms with Crippen LogP contribution >= 0.6 is 24.0 Å². The van der Waals surface area contributed by atoms with Gasteiger partial charge in [0.05, 0.1) is 13.2 Å². The van der Waals surface area contributed by atoms with Gasteiger partial charge in [-0.3, -0.25) is 0 Å². The van der Waals surface area contributed by atoms with E-state index in [0.717, 1.165) is 43.4 Å². The van der Waals surface area contributed by atoms with E-state index in [1.54, 1.807) is 0 Å². The van der Waals surface area contributed by atoms with E-state index in [-0.39, 0.29) is 24.0 Å². The van der Waals surface area contributed by atoms with Crippen LogP contribution in [-0.4, -0.2) is 25.7 Å². The van der Waals surface area contributed by atoms with Crippen LogP contribution in [0.1, 0.15) is 39.7 Å². The van der Waals surface area contributed by atoms with E-state index < -0.39 is 0 Å². The highest BCUT2D eigenvalue weighted by molar-refractivity contribution is 14.0. The molecular weight excluding hydrogens is 389 g/mol. The van der Waals surface area contributed by atoms with E-state index in [2.05, 4.69) is 49.4 Å². The van der Waals surface area contributed by atoms with E-state index in [9.17, 15) is 0 Å². The maximum Gasteiger partial charge on any atom is 0.191 e. The molecule has 0 unspecified atom stereocenters. The Morgan fingerprint density at radius 1 is 1.18 bits per heavy atom. The first-order valence-corrected chi connectivity index (χ1v) is 7.90. The molecule has 0 saturated carbocycles. The van der Waals surface area contributed by atoms with Gasteiger partial charge in [0.25, 0.3) is 0 Å². The third-order valence-corrected chi connectivity index (χ3v) is 2.84. The maximum absolute atomic E-state index is 5.86. The SMILES string of the molecule is CCCNC(=NCc1ccccc1OCC(C)C)NCC.I. The average molecular weight is 419 g/mol. The quantitative estimate of drug-likeness (QED) is 0.383. The van der Waals surface area contributed by atoms with E-state index in [4.69, 9.17) is 4.74 Å². The third kappa shape index (κ3) is 8.46. The standard InChI is InChI=1S/C17H29N3O.HI/c1-5-11-19-17(18-6-2)20-12-15-9-7-8-10-16(15)21-13-14(3)4;/h7-10,14H,5-6,11-13H2,1-4H3,(H2,18,19,20);1H. The summed E-state index contributed by atoms with van der Waals surface area (Å²) >= 11 is 0. The molecule has 1 aromatic rings. The fourth-order valence-corrected chi connectivity index (χ4v) is 1.78. The molecular formula is C17H30IN3O. The number of guanidine groups is 1. The van der Waals surface area contributed by atoms with Crippen molar-refractivity contribution in [2.75, 3.05) is 19.7 Å². The highest BCUT2D eigenvalue weighted by Gasteiger charge is 2.04. The first kappa shape index (κ1) is 21.0. The average Bonchev–Trinajstić information content (AvgIpc) is 2.48. The van der Waals surface area contributed by atoms with Crippen molar-refractivity contribution < 1.29 is 4.74 Å². The van der Waals surface area contributed by atoms with Crippen molar-refractivity contribution in [2.24, 2.45) is 10.9 Å². The topological polar surface area (TPSA) is 45.7 Å². The van der Waals surface area contributed by atoms with Crippen LogP contribution in [0.5, 0.6) is 5.75 Å². The zero-order valence-corrected chi connectivity index (χ0v) is 16.5. The Morgan fingerprint density at radius 3 is 2.55 bits per heavy atom. The molecule has 22 heavy (non-hydrogen) atoms. The second kappa shape index (κ2) is 12.6. The molecule has 126 valence electrons. The van der Waals surface area contributed by atoms with Crippen LogP contribution in [0, 0.1) is 5.92 Å². The second-order valence-corrected chi connectivity index (χ2v) is 5.43. The summed E-state index contributed by atoms with van der Waals surface area (Å²) in [6.45, 7) is 11.7. The summed E-state index contributed by atoms with van der Waals surface area (Å²) in [5.41, 5.74) is 1.12. The summed E-state index contributed by atoms with van der Waals surface area (Å²) in [7, 11) is 0. The molecule has 0 amide bonds. The number of benzene rings is 1. The predicted molar refractivity (Wildman–Crippen MR) is 105 cm³/mol. The Kier molecular flexibility index (Phi) is 12.0.